The number of sulfonamides is 1. The minimum absolute atomic E-state index is 0.101. The summed E-state index contributed by atoms with van der Waals surface area (Å²) in [4.78, 5) is 6.51. The van der Waals surface area contributed by atoms with Crippen molar-refractivity contribution < 1.29 is 26.3 Å². The van der Waals surface area contributed by atoms with E-state index < -0.39 is 21.8 Å². The van der Waals surface area contributed by atoms with Crippen molar-refractivity contribution in [1.82, 2.24) is 13.9 Å². The number of rotatable bonds is 7. The van der Waals surface area contributed by atoms with Gasteiger partial charge in [0.1, 0.15) is 0 Å². The standard InChI is InChI=1S/C28H33F3N4O3S/c1-20-6-5-9-27-26(20)17-34(39(36,37)25-12-10-21(11-13-25)28(29,30)31)16-23(18-38-24-7-3-4-8-24)35(27)15-22-14-33(2)19-32-22/h5-6,9-14,19,23-24H,3-4,7-8,15-18H2,1-2H3/t23-/m1/s1. The molecule has 0 amide bonds. The number of aryl methyl sites for hydroxylation is 2. The molecule has 3 aromatic rings. The summed E-state index contributed by atoms with van der Waals surface area (Å²) < 4.78 is 76.7. The molecule has 5 rings (SSSR count). The van der Waals surface area contributed by atoms with Gasteiger partial charge in [0.25, 0.3) is 0 Å². The number of fused-ring (bicyclic) bond motifs is 1. The summed E-state index contributed by atoms with van der Waals surface area (Å²) in [5, 5.41) is 0. The van der Waals surface area contributed by atoms with Gasteiger partial charge in [-0.1, -0.05) is 25.0 Å². The van der Waals surface area contributed by atoms with E-state index in [9.17, 15) is 21.6 Å². The predicted octanol–water partition coefficient (Wildman–Crippen LogP) is 5.29. The van der Waals surface area contributed by atoms with Crippen molar-refractivity contribution >= 4 is 15.7 Å². The van der Waals surface area contributed by atoms with Gasteiger partial charge < -0.3 is 14.2 Å². The van der Waals surface area contributed by atoms with Gasteiger partial charge in [0.15, 0.2) is 0 Å². The van der Waals surface area contributed by atoms with Crippen LogP contribution in [0.4, 0.5) is 18.9 Å². The van der Waals surface area contributed by atoms with E-state index in [1.165, 1.54) is 4.31 Å². The van der Waals surface area contributed by atoms with Gasteiger partial charge in [-0.15, -0.1) is 0 Å². The van der Waals surface area contributed by atoms with Crippen molar-refractivity contribution in [1.29, 1.82) is 0 Å². The average molecular weight is 563 g/mol. The number of nitrogens with zero attached hydrogens (tertiary/aromatic N) is 4. The molecule has 2 aliphatic rings. The van der Waals surface area contributed by atoms with Gasteiger partial charge in [0.05, 0.1) is 47.8 Å². The molecule has 0 unspecified atom stereocenters. The lowest BCUT2D eigenvalue weighted by Gasteiger charge is -2.34. The molecule has 0 saturated heterocycles. The Balaban J connectivity index is 1.53. The van der Waals surface area contributed by atoms with Gasteiger partial charge >= 0.3 is 6.18 Å². The van der Waals surface area contributed by atoms with E-state index in [0.29, 0.717) is 13.2 Å². The van der Waals surface area contributed by atoms with Crippen molar-refractivity contribution in [2.75, 3.05) is 18.1 Å². The molecule has 2 aromatic carbocycles. The molecule has 1 atom stereocenters. The highest BCUT2D eigenvalue weighted by Crippen LogP contribution is 2.35. The van der Waals surface area contributed by atoms with Crippen LogP contribution in [0.1, 0.15) is 48.1 Å². The lowest BCUT2D eigenvalue weighted by Crippen LogP contribution is -2.46. The summed E-state index contributed by atoms with van der Waals surface area (Å²) in [5.74, 6) is 0. The minimum atomic E-state index is -4.55. The van der Waals surface area contributed by atoms with Crippen molar-refractivity contribution in [2.24, 2.45) is 7.05 Å². The van der Waals surface area contributed by atoms with Crippen LogP contribution < -0.4 is 4.90 Å². The van der Waals surface area contributed by atoms with E-state index in [-0.39, 0.29) is 30.1 Å². The fraction of sp³-hybridized carbons (Fsp3) is 0.464. The number of imidazole rings is 1. The van der Waals surface area contributed by atoms with Crippen molar-refractivity contribution in [2.45, 2.75) is 68.9 Å². The molecule has 0 radical (unpaired) electrons. The quantitative estimate of drug-likeness (QED) is 0.392. The highest BCUT2D eigenvalue weighted by Gasteiger charge is 2.37. The number of hydrogen-bond donors (Lipinski definition) is 0. The summed E-state index contributed by atoms with van der Waals surface area (Å²) in [7, 11) is -2.21. The topological polar surface area (TPSA) is 67.7 Å². The fourth-order valence-electron chi connectivity index (χ4n) is 5.46. The normalized spacial score (nSPS) is 19.3. The van der Waals surface area contributed by atoms with Crippen molar-refractivity contribution in [3.8, 4) is 0 Å². The molecular formula is C28H33F3N4O3S. The number of ether oxygens (including phenoxy) is 1. The maximum absolute atomic E-state index is 13.9. The molecule has 210 valence electrons. The predicted molar refractivity (Wildman–Crippen MR) is 142 cm³/mol. The fourth-order valence-corrected chi connectivity index (χ4v) is 6.91. The summed E-state index contributed by atoms with van der Waals surface area (Å²) in [6.45, 7) is 2.95. The average Bonchev–Trinajstić information content (AvgIpc) is 3.53. The second-order valence-electron chi connectivity index (χ2n) is 10.4. The Bertz CT molecular complexity index is 1400. The van der Waals surface area contributed by atoms with Crippen molar-refractivity contribution in [3.05, 3.63) is 77.4 Å². The molecule has 0 bridgehead atoms. The molecule has 7 nitrogen and oxygen atoms in total. The Morgan fingerprint density at radius 1 is 1.08 bits per heavy atom. The van der Waals surface area contributed by atoms with Gasteiger partial charge in [0, 0.05) is 32.0 Å². The van der Waals surface area contributed by atoms with Gasteiger partial charge in [-0.3, -0.25) is 0 Å². The summed E-state index contributed by atoms with van der Waals surface area (Å²) in [6.07, 6.45) is 3.46. The van der Waals surface area contributed by atoms with E-state index in [2.05, 4.69) is 9.88 Å². The van der Waals surface area contributed by atoms with Crippen LogP contribution >= 0.6 is 0 Å². The van der Waals surface area contributed by atoms with Gasteiger partial charge in [0.2, 0.25) is 10.0 Å². The molecule has 0 N–H and O–H groups in total. The zero-order valence-electron chi connectivity index (χ0n) is 22.1. The number of hydrogen-bond acceptors (Lipinski definition) is 5. The minimum Gasteiger partial charge on any atom is -0.376 e. The smallest absolute Gasteiger partial charge is 0.376 e. The van der Waals surface area contributed by atoms with Gasteiger partial charge in [-0.2, -0.15) is 17.5 Å². The van der Waals surface area contributed by atoms with Crippen LogP contribution in [0.3, 0.4) is 0 Å². The van der Waals surface area contributed by atoms with E-state index in [0.717, 1.165) is 72.5 Å². The zero-order valence-corrected chi connectivity index (χ0v) is 22.9. The highest BCUT2D eigenvalue weighted by atomic mass is 32.2. The number of alkyl halides is 3. The van der Waals surface area contributed by atoms with Crippen LogP contribution in [0.25, 0.3) is 0 Å². The van der Waals surface area contributed by atoms with Crippen molar-refractivity contribution in [3.63, 3.8) is 0 Å². The van der Waals surface area contributed by atoms with E-state index in [1.807, 2.05) is 42.9 Å². The maximum Gasteiger partial charge on any atom is 0.416 e. The van der Waals surface area contributed by atoms with Crippen LogP contribution in [0.15, 0.2) is 59.9 Å². The first kappa shape index (κ1) is 27.7. The lowest BCUT2D eigenvalue weighted by atomic mass is 10.1. The summed E-state index contributed by atoms with van der Waals surface area (Å²) in [5.41, 5.74) is 2.65. The molecule has 1 aromatic heterocycles. The van der Waals surface area contributed by atoms with Crippen LogP contribution in [0, 0.1) is 6.92 Å². The van der Waals surface area contributed by atoms with Crippen LogP contribution in [-0.2, 0) is 41.1 Å². The second-order valence-corrected chi connectivity index (χ2v) is 12.4. The summed E-state index contributed by atoms with van der Waals surface area (Å²) >= 11 is 0. The highest BCUT2D eigenvalue weighted by molar-refractivity contribution is 7.89. The van der Waals surface area contributed by atoms with Gasteiger partial charge in [-0.05, 0) is 61.2 Å². The maximum atomic E-state index is 13.9. The summed E-state index contributed by atoms with van der Waals surface area (Å²) in [6, 6.07) is 9.26. The molecule has 1 fully saturated rings. The Kier molecular flexibility index (Phi) is 7.76. The molecule has 11 heteroatoms. The molecule has 1 aliphatic carbocycles. The third kappa shape index (κ3) is 6.00. The van der Waals surface area contributed by atoms with E-state index >= 15 is 0 Å². The van der Waals surface area contributed by atoms with Crippen LogP contribution in [0.2, 0.25) is 0 Å². The zero-order chi connectivity index (χ0) is 27.8. The molecule has 1 aliphatic heterocycles. The van der Waals surface area contributed by atoms with E-state index in [4.69, 9.17) is 4.74 Å². The first-order valence-electron chi connectivity index (χ1n) is 13.1. The molecule has 0 spiro atoms. The molecule has 1 saturated carbocycles. The number of halogens is 3. The second kappa shape index (κ2) is 10.9. The molecular weight excluding hydrogens is 529 g/mol. The Morgan fingerprint density at radius 2 is 1.79 bits per heavy atom. The lowest BCUT2D eigenvalue weighted by molar-refractivity contribution is -0.137. The first-order valence-corrected chi connectivity index (χ1v) is 14.6. The largest absolute Gasteiger partial charge is 0.416 e. The van der Waals surface area contributed by atoms with Crippen LogP contribution in [0.5, 0.6) is 0 Å². The molecule has 39 heavy (non-hydrogen) atoms. The third-order valence-electron chi connectivity index (χ3n) is 7.62. The Labute approximate surface area is 227 Å². The van der Waals surface area contributed by atoms with E-state index in [1.54, 1.807) is 6.33 Å². The number of aromatic nitrogens is 2. The van der Waals surface area contributed by atoms with Gasteiger partial charge in [-0.25, -0.2) is 13.4 Å². The van der Waals surface area contributed by atoms with Crippen LogP contribution in [-0.4, -0.2) is 47.6 Å². The SMILES string of the molecule is Cc1cccc2c1CN(S(=O)(=O)c1ccc(C(F)(F)F)cc1)C[C@H](COC1CCCC1)N2Cc1cn(C)cn1. The number of anilines is 1. The number of benzene rings is 2. The molecule has 2 heterocycles. The monoisotopic (exact) mass is 562 g/mol. The Morgan fingerprint density at radius 3 is 2.44 bits per heavy atom. The third-order valence-corrected chi connectivity index (χ3v) is 9.45. The first-order chi connectivity index (χ1) is 18.5. The Hall–Kier alpha value is -2.89.